The number of hydrogen-bond acceptors (Lipinski definition) is 5. The number of nitrogens with one attached hydrogen (secondary N) is 3. The molecule has 0 radical (unpaired) electrons. The van der Waals surface area contributed by atoms with E-state index < -0.39 is 10.0 Å². The van der Waals surface area contributed by atoms with Gasteiger partial charge >= 0.3 is 0 Å². The second-order valence-electron chi connectivity index (χ2n) is 4.17. The molecule has 0 bridgehead atoms. The van der Waals surface area contributed by atoms with Crippen LogP contribution in [0.4, 0.5) is 11.4 Å². The van der Waals surface area contributed by atoms with E-state index in [1.807, 2.05) is 0 Å². The Hall–Kier alpha value is -1.64. The van der Waals surface area contributed by atoms with Gasteiger partial charge in [0.25, 0.3) is 0 Å². The number of ether oxygens (including phenoxy) is 1. The summed E-state index contributed by atoms with van der Waals surface area (Å²) in [5, 5.41) is 5.58. The molecule has 0 saturated carbocycles. The first-order chi connectivity index (χ1) is 9.40. The lowest BCUT2D eigenvalue weighted by Gasteiger charge is -2.09. The summed E-state index contributed by atoms with van der Waals surface area (Å²) in [6.45, 7) is 1.27. The van der Waals surface area contributed by atoms with Crippen molar-refractivity contribution in [2.45, 2.75) is 0 Å². The van der Waals surface area contributed by atoms with E-state index in [4.69, 9.17) is 4.74 Å². The molecule has 1 aromatic carbocycles. The number of methoxy groups -OCH3 is 1. The third-order valence-electron chi connectivity index (χ3n) is 2.22. The fraction of sp³-hybridized carbons (Fsp3) is 0.417. The number of hydrogen-bond donors (Lipinski definition) is 3. The zero-order valence-corrected chi connectivity index (χ0v) is 12.3. The van der Waals surface area contributed by atoms with Gasteiger partial charge in [-0.1, -0.05) is 6.07 Å². The molecule has 20 heavy (non-hydrogen) atoms. The SMILES string of the molecule is COCCNCC(=O)Nc1cccc(NS(C)(=O)=O)c1. The number of carbonyl (C=O) groups is 1. The Morgan fingerprint density at radius 2 is 2.00 bits per heavy atom. The maximum atomic E-state index is 11.6. The molecule has 0 atom stereocenters. The van der Waals surface area contributed by atoms with Gasteiger partial charge in [-0.3, -0.25) is 9.52 Å². The van der Waals surface area contributed by atoms with Crippen molar-refractivity contribution in [2.24, 2.45) is 0 Å². The van der Waals surface area contributed by atoms with Gasteiger partial charge in [-0.15, -0.1) is 0 Å². The standard InChI is InChI=1S/C12H19N3O4S/c1-19-7-6-13-9-12(16)14-10-4-3-5-11(8-10)15-20(2,17)18/h3-5,8,13,15H,6-7,9H2,1-2H3,(H,14,16). The Kier molecular flexibility index (Phi) is 6.43. The maximum Gasteiger partial charge on any atom is 0.238 e. The molecule has 1 rings (SSSR count). The van der Waals surface area contributed by atoms with Crippen LogP contribution < -0.4 is 15.4 Å². The number of benzene rings is 1. The Morgan fingerprint density at radius 1 is 1.30 bits per heavy atom. The molecule has 0 aromatic heterocycles. The molecular formula is C12H19N3O4S. The van der Waals surface area contributed by atoms with E-state index in [0.717, 1.165) is 6.26 Å². The van der Waals surface area contributed by atoms with E-state index in [1.165, 1.54) is 0 Å². The third-order valence-corrected chi connectivity index (χ3v) is 2.82. The molecule has 0 unspecified atom stereocenters. The summed E-state index contributed by atoms with van der Waals surface area (Å²) >= 11 is 0. The molecule has 0 spiro atoms. The van der Waals surface area contributed by atoms with Crippen LogP contribution in [0.3, 0.4) is 0 Å². The van der Waals surface area contributed by atoms with Crippen LogP contribution in [0, 0.1) is 0 Å². The fourth-order valence-electron chi connectivity index (χ4n) is 1.46. The monoisotopic (exact) mass is 301 g/mol. The Morgan fingerprint density at radius 3 is 2.65 bits per heavy atom. The van der Waals surface area contributed by atoms with Crippen molar-refractivity contribution < 1.29 is 17.9 Å². The van der Waals surface area contributed by atoms with Crippen molar-refractivity contribution in [3.05, 3.63) is 24.3 Å². The zero-order valence-electron chi connectivity index (χ0n) is 11.5. The average Bonchev–Trinajstić information content (AvgIpc) is 2.33. The van der Waals surface area contributed by atoms with Gasteiger partial charge in [-0.25, -0.2) is 8.42 Å². The van der Waals surface area contributed by atoms with Gasteiger partial charge < -0.3 is 15.4 Å². The zero-order chi connectivity index (χ0) is 15.0. The van der Waals surface area contributed by atoms with Crippen molar-refractivity contribution in [2.75, 3.05) is 43.1 Å². The first kappa shape index (κ1) is 16.4. The number of anilines is 2. The predicted molar refractivity (Wildman–Crippen MR) is 78.3 cm³/mol. The molecule has 1 amide bonds. The first-order valence-electron chi connectivity index (χ1n) is 5.98. The molecule has 0 heterocycles. The van der Waals surface area contributed by atoms with Gasteiger partial charge in [0.15, 0.2) is 0 Å². The number of carbonyl (C=O) groups excluding carboxylic acids is 1. The van der Waals surface area contributed by atoms with Crippen LogP contribution in [0.15, 0.2) is 24.3 Å². The molecule has 3 N–H and O–H groups in total. The van der Waals surface area contributed by atoms with Gasteiger partial charge in [-0.2, -0.15) is 0 Å². The molecule has 0 saturated heterocycles. The molecule has 0 aliphatic carbocycles. The topological polar surface area (TPSA) is 96.5 Å². The van der Waals surface area contributed by atoms with Gasteiger partial charge in [0.1, 0.15) is 0 Å². The average molecular weight is 301 g/mol. The summed E-state index contributed by atoms with van der Waals surface area (Å²) in [6.07, 6.45) is 1.07. The van der Waals surface area contributed by atoms with Crippen LogP contribution in [-0.4, -0.2) is 47.4 Å². The van der Waals surface area contributed by atoms with E-state index in [2.05, 4.69) is 15.4 Å². The summed E-state index contributed by atoms with van der Waals surface area (Å²) in [4.78, 5) is 11.6. The number of sulfonamides is 1. The van der Waals surface area contributed by atoms with E-state index in [0.29, 0.717) is 24.5 Å². The molecule has 8 heteroatoms. The second kappa shape index (κ2) is 7.83. The van der Waals surface area contributed by atoms with Crippen molar-refractivity contribution in [3.8, 4) is 0 Å². The summed E-state index contributed by atoms with van der Waals surface area (Å²) in [5.74, 6) is -0.211. The minimum Gasteiger partial charge on any atom is -0.383 e. The van der Waals surface area contributed by atoms with Crippen LogP contribution in [-0.2, 0) is 19.6 Å². The van der Waals surface area contributed by atoms with Crippen LogP contribution in [0.25, 0.3) is 0 Å². The highest BCUT2D eigenvalue weighted by Gasteiger charge is 2.05. The van der Waals surface area contributed by atoms with Gasteiger partial charge in [-0.05, 0) is 18.2 Å². The van der Waals surface area contributed by atoms with Crippen LogP contribution in [0.5, 0.6) is 0 Å². The van der Waals surface area contributed by atoms with Crippen LogP contribution in [0.2, 0.25) is 0 Å². The summed E-state index contributed by atoms with van der Waals surface area (Å²) in [5.41, 5.74) is 0.926. The van der Waals surface area contributed by atoms with Gasteiger partial charge in [0.2, 0.25) is 15.9 Å². The number of amides is 1. The highest BCUT2D eigenvalue weighted by molar-refractivity contribution is 7.92. The largest absolute Gasteiger partial charge is 0.383 e. The smallest absolute Gasteiger partial charge is 0.238 e. The van der Waals surface area contributed by atoms with Crippen LogP contribution in [0.1, 0.15) is 0 Å². The van der Waals surface area contributed by atoms with Crippen molar-refractivity contribution in [1.82, 2.24) is 5.32 Å². The van der Waals surface area contributed by atoms with E-state index in [9.17, 15) is 13.2 Å². The van der Waals surface area contributed by atoms with Gasteiger partial charge in [0, 0.05) is 19.3 Å². The molecular weight excluding hydrogens is 282 g/mol. The summed E-state index contributed by atoms with van der Waals surface area (Å²) < 4.78 is 29.4. The minimum atomic E-state index is -3.33. The lowest BCUT2D eigenvalue weighted by molar-refractivity contribution is -0.115. The molecule has 7 nitrogen and oxygen atoms in total. The first-order valence-corrected chi connectivity index (χ1v) is 7.87. The molecule has 0 aliphatic heterocycles. The van der Waals surface area contributed by atoms with E-state index in [-0.39, 0.29) is 12.5 Å². The van der Waals surface area contributed by atoms with Gasteiger partial charge in [0.05, 0.1) is 25.1 Å². The number of rotatable bonds is 8. The fourth-order valence-corrected chi connectivity index (χ4v) is 2.01. The molecule has 0 fully saturated rings. The summed E-state index contributed by atoms with van der Waals surface area (Å²) in [6, 6.07) is 6.49. The second-order valence-corrected chi connectivity index (χ2v) is 5.92. The van der Waals surface area contributed by atoms with Crippen molar-refractivity contribution >= 4 is 27.3 Å². The minimum absolute atomic E-state index is 0.160. The predicted octanol–water partition coefficient (Wildman–Crippen LogP) is 0.233. The molecule has 112 valence electrons. The lowest BCUT2D eigenvalue weighted by atomic mass is 10.3. The van der Waals surface area contributed by atoms with Crippen molar-refractivity contribution in [3.63, 3.8) is 0 Å². The van der Waals surface area contributed by atoms with Crippen LogP contribution >= 0.6 is 0 Å². The Labute approximate surface area is 118 Å². The van der Waals surface area contributed by atoms with E-state index in [1.54, 1.807) is 31.4 Å². The highest BCUT2D eigenvalue weighted by atomic mass is 32.2. The van der Waals surface area contributed by atoms with E-state index >= 15 is 0 Å². The highest BCUT2D eigenvalue weighted by Crippen LogP contribution is 2.15. The maximum absolute atomic E-state index is 11.6. The Bertz CT molecular complexity index is 545. The van der Waals surface area contributed by atoms with Crippen molar-refractivity contribution in [1.29, 1.82) is 0 Å². The Balaban J connectivity index is 2.51. The molecule has 1 aromatic rings. The lowest BCUT2D eigenvalue weighted by Crippen LogP contribution is -2.30. The third kappa shape index (κ3) is 7.07. The summed E-state index contributed by atoms with van der Waals surface area (Å²) in [7, 11) is -1.75. The molecule has 0 aliphatic rings. The quantitative estimate of drug-likeness (QED) is 0.597. The normalized spacial score (nSPS) is 11.1.